The van der Waals surface area contributed by atoms with Crippen LogP contribution >= 0.6 is 0 Å². The molecule has 1 aliphatic rings. The summed E-state index contributed by atoms with van der Waals surface area (Å²) >= 11 is 0. The largest absolute Gasteiger partial charge is 0.507 e. The van der Waals surface area contributed by atoms with Gasteiger partial charge < -0.3 is 24.5 Å². The molecule has 0 saturated carbocycles. The second-order valence-electron chi connectivity index (χ2n) is 6.54. The second kappa shape index (κ2) is 4.72. The summed E-state index contributed by atoms with van der Waals surface area (Å²) in [5.74, 6) is 0.0789. The van der Waals surface area contributed by atoms with Gasteiger partial charge in [-0.15, -0.1) is 0 Å². The Hall–Kier alpha value is -2.57. The fourth-order valence-corrected chi connectivity index (χ4v) is 3.15. The van der Waals surface area contributed by atoms with Gasteiger partial charge in [0.2, 0.25) is 5.43 Å². The molecule has 3 N–H and O–H groups in total. The number of aliphatic hydroxyl groups is 2. The average molecular weight is 328 g/mol. The van der Waals surface area contributed by atoms with Crippen molar-refractivity contribution >= 4 is 21.9 Å². The van der Waals surface area contributed by atoms with Crippen LogP contribution in [0.25, 0.3) is 21.9 Å². The average Bonchev–Trinajstić information content (AvgIpc) is 2.53. The topological polar surface area (TPSA) is 100 Å². The molecule has 4 rings (SSSR count). The first kappa shape index (κ1) is 15.0. The molecule has 0 saturated heterocycles. The fourth-order valence-electron chi connectivity index (χ4n) is 3.15. The normalized spacial score (nSPS) is 22.3. The number of phenols is 1. The molecular weight excluding hydrogens is 312 g/mol. The highest BCUT2D eigenvalue weighted by Gasteiger charge is 2.43. The molecule has 6 nitrogen and oxygen atoms in total. The summed E-state index contributed by atoms with van der Waals surface area (Å²) in [4.78, 5) is 12.7. The minimum atomic E-state index is -1.15. The van der Waals surface area contributed by atoms with Crippen LogP contribution in [0, 0.1) is 0 Å². The Kier molecular flexibility index (Phi) is 2.95. The van der Waals surface area contributed by atoms with E-state index < -0.39 is 17.8 Å². The molecule has 124 valence electrons. The van der Waals surface area contributed by atoms with Gasteiger partial charge in [-0.3, -0.25) is 4.79 Å². The maximum atomic E-state index is 12.7. The van der Waals surface area contributed by atoms with E-state index in [0.717, 1.165) is 0 Å². The van der Waals surface area contributed by atoms with Crippen molar-refractivity contribution in [3.63, 3.8) is 0 Å². The third-order valence-electron chi connectivity index (χ3n) is 4.53. The third-order valence-corrected chi connectivity index (χ3v) is 4.53. The van der Waals surface area contributed by atoms with Crippen LogP contribution in [0.15, 0.2) is 39.5 Å². The predicted molar refractivity (Wildman–Crippen MR) is 87.3 cm³/mol. The van der Waals surface area contributed by atoms with Crippen LogP contribution in [0.1, 0.15) is 25.5 Å². The lowest BCUT2D eigenvalue weighted by molar-refractivity contribution is -0.111. The van der Waals surface area contributed by atoms with Gasteiger partial charge in [0.25, 0.3) is 0 Å². The lowest BCUT2D eigenvalue weighted by atomic mass is 9.88. The molecule has 0 unspecified atom stereocenters. The number of ether oxygens (including phenoxy) is 1. The summed E-state index contributed by atoms with van der Waals surface area (Å²) in [6.45, 7) is 3.29. The highest BCUT2D eigenvalue weighted by Crippen LogP contribution is 2.44. The molecular formula is C18H16O6. The second-order valence-corrected chi connectivity index (χ2v) is 6.54. The first-order valence-electron chi connectivity index (χ1n) is 7.58. The Balaban J connectivity index is 2.14. The molecule has 0 amide bonds. The molecule has 0 aliphatic carbocycles. The highest BCUT2D eigenvalue weighted by molar-refractivity contribution is 5.95. The van der Waals surface area contributed by atoms with Crippen molar-refractivity contribution < 1.29 is 24.5 Å². The number of fused-ring (bicyclic) bond motifs is 4. The SMILES string of the molecule is CC1(C)Oc2c(ccc3c(=O)c4c(O)cccc4oc23)[C@H](O)[C@@H]1O. The van der Waals surface area contributed by atoms with Gasteiger partial charge in [-0.1, -0.05) is 12.1 Å². The van der Waals surface area contributed by atoms with Gasteiger partial charge >= 0.3 is 0 Å². The number of hydrogen-bond acceptors (Lipinski definition) is 6. The molecule has 1 aliphatic heterocycles. The number of aliphatic hydroxyl groups excluding tert-OH is 2. The van der Waals surface area contributed by atoms with Crippen LogP contribution in [-0.2, 0) is 0 Å². The maximum absolute atomic E-state index is 12.7. The van der Waals surface area contributed by atoms with E-state index in [2.05, 4.69) is 0 Å². The van der Waals surface area contributed by atoms with E-state index in [4.69, 9.17) is 9.15 Å². The fraction of sp³-hybridized carbons (Fsp3) is 0.278. The van der Waals surface area contributed by atoms with Crippen LogP contribution < -0.4 is 10.2 Å². The minimum Gasteiger partial charge on any atom is -0.507 e. The summed E-state index contributed by atoms with van der Waals surface area (Å²) in [7, 11) is 0. The molecule has 0 radical (unpaired) electrons. The van der Waals surface area contributed by atoms with Crippen LogP contribution in [0.5, 0.6) is 11.5 Å². The Morgan fingerprint density at radius 1 is 1.12 bits per heavy atom. The van der Waals surface area contributed by atoms with Crippen molar-refractivity contribution in [2.45, 2.75) is 31.7 Å². The lowest BCUT2D eigenvalue weighted by Crippen LogP contribution is -2.48. The van der Waals surface area contributed by atoms with Crippen LogP contribution in [0.4, 0.5) is 0 Å². The number of hydrogen-bond donors (Lipinski definition) is 3. The van der Waals surface area contributed by atoms with E-state index in [1.807, 2.05) is 0 Å². The zero-order valence-corrected chi connectivity index (χ0v) is 13.1. The first-order valence-corrected chi connectivity index (χ1v) is 7.58. The van der Waals surface area contributed by atoms with E-state index in [1.165, 1.54) is 18.2 Å². The van der Waals surface area contributed by atoms with Crippen molar-refractivity contribution in [1.82, 2.24) is 0 Å². The summed E-state index contributed by atoms with van der Waals surface area (Å²) < 4.78 is 11.6. The van der Waals surface area contributed by atoms with Gasteiger partial charge in [-0.2, -0.15) is 0 Å². The number of phenolic OH excluding ortho intramolecular Hbond substituents is 1. The Morgan fingerprint density at radius 2 is 1.88 bits per heavy atom. The molecule has 0 spiro atoms. The van der Waals surface area contributed by atoms with Gasteiger partial charge in [0.05, 0.1) is 5.39 Å². The summed E-state index contributed by atoms with van der Waals surface area (Å²) in [6, 6.07) is 7.61. The highest BCUT2D eigenvalue weighted by atomic mass is 16.5. The van der Waals surface area contributed by atoms with Crippen molar-refractivity contribution in [3.05, 3.63) is 46.1 Å². The number of rotatable bonds is 0. The standard InChI is InChI=1S/C18H16O6/c1-18(2)17(22)14(21)9-7-6-8-13(20)12-10(19)4-3-5-11(12)23-15(8)16(9)24-18/h3-7,14,17,19,21-22H,1-2H3/t14-,17-/m0/s1. The van der Waals surface area contributed by atoms with E-state index in [-0.39, 0.29) is 38.9 Å². The molecule has 2 atom stereocenters. The summed E-state index contributed by atoms with van der Waals surface area (Å²) in [5, 5.41) is 30.8. The van der Waals surface area contributed by atoms with Crippen molar-refractivity contribution in [1.29, 1.82) is 0 Å². The monoisotopic (exact) mass is 328 g/mol. The maximum Gasteiger partial charge on any atom is 0.204 e. The molecule has 24 heavy (non-hydrogen) atoms. The number of aromatic hydroxyl groups is 1. The third kappa shape index (κ3) is 1.87. The van der Waals surface area contributed by atoms with Gasteiger partial charge in [-0.05, 0) is 32.0 Å². The zero-order chi connectivity index (χ0) is 17.2. The number of benzene rings is 2. The molecule has 0 fully saturated rings. The van der Waals surface area contributed by atoms with Crippen molar-refractivity contribution in [3.8, 4) is 11.5 Å². The molecule has 1 aromatic heterocycles. The lowest BCUT2D eigenvalue weighted by Gasteiger charge is -2.39. The van der Waals surface area contributed by atoms with Crippen molar-refractivity contribution in [2.24, 2.45) is 0 Å². The zero-order valence-electron chi connectivity index (χ0n) is 13.1. The van der Waals surface area contributed by atoms with E-state index in [1.54, 1.807) is 26.0 Å². The van der Waals surface area contributed by atoms with Gasteiger partial charge in [0.1, 0.15) is 34.5 Å². The molecule has 3 aromatic rings. The van der Waals surface area contributed by atoms with Gasteiger partial charge in [0.15, 0.2) is 11.3 Å². The Labute approximate surface area is 136 Å². The van der Waals surface area contributed by atoms with Crippen molar-refractivity contribution in [2.75, 3.05) is 0 Å². The van der Waals surface area contributed by atoms with E-state index >= 15 is 0 Å². The van der Waals surface area contributed by atoms with E-state index in [0.29, 0.717) is 5.56 Å². The molecule has 2 aromatic carbocycles. The Bertz CT molecular complexity index is 1030. The molecule has 0 bridgehead atoms. The Morgan fingerprint density at radius 3 is 2.62 bits per heavy atom. The quantitative estimate of drug-likeness (QED) is 0.547. The summed E-state index contributed by atoms with van der Waals surface area (Å²) in [5.41, 5.74) is -0.656. The van der Waals surface area contributed by atoms with Gasteiger partial charge in [0, 0.05) is 5.56 Å². The van der Waals surface area contributed by atoms with Crippen LogP contribution in [-0.4, -0.2) is 27.0 Å². The smallest absolute Gasteiger partial charge is 0.204 e. The van der Waals surface area contributed by atoms with Crippen LogP contribution in [0.2, 0.25) is 0 Å². The van der Waals surface area contributed by atoms with Gasteiger partial charge in [-0.25, -0.2) is 0 Å². The molecule has 2 heterocycles. The van der Waals surface area contributed by atoms with E-state index in [9.17, 15) is 20.1 Å². The predicted octanol–water partition coefficient (Wildman–Crippen LogP) is 2.22. The van der Waals surface area contributed by atoms with Crippen LogP contribution in [0.3, 0.4) is 0 Å². The first-order chi connectivity index (χ1) is 11.3. The molecule has 6 heteroatoms. The summed E-state index contributed by atoms with van der Waals surface area (Å²) in [6.07, 6.45) is -2.27. The minimum absolute atomic E-state index is 0.0978.